The Morgan fingerprint density at radius 3 is 2.97 bits per heavy atom. The summed E-state index contributed by atoms with van der Waals surface area (Å²) < 4.78 is 8.09. The highest BCUT2D eigenvalue weighted by Gasteiger charge is 2.23. The first-order valence-corrected chi connectivity index (χ1v) is 13.7. The summed E-state index contributed by atoms with van der Waals surface area (Å²) >= 11 is 5.08. The molecule has 1 saturated heterocycles. The maximum absolute atomic E-state index is 6.40. The average molecular weight is 485 g/mol. The van der Waals surface area contributed by atoms with Crippen LogP contribution in [0.3, 0.4) is 0 Å². The third-order valence-corrected chi connectivity index (χ3v) is 9.10. The number of aryl methyl sites for hydroxylation is 2. The molecule has 6 rings (SSSR count). The summed E-state index contributed by atoms with van der Waals surface area (Å²) in [6.07, 6.45) is 7.11. The van der Waals surface area contributed by atoms with Crippen LogP contribution in [-0.4, -0.2) is 37.4 Å². The van der Waals surface area contributed by atoms with Gasteiger partial charge in [0.1, 0.15) is 16.5 Å². The standard InChI is InChI=1S/C22H24N6OS3/c23-19-18-14-6-1-2-7-15(14)32-21(18)25-17(24-19)12-31-22-27-26-20(16-8-4-10-30-16)28(22)11-13-5-3-9-29-13/h4,8,10,13H,1-3,5-7,9,11-12H2,(H2,23,24,25). The summed E-state index contributed by atoms with van der Waals surface area (Å²) in [4.78, 5) is 13.1. The first kappa shape index (κ1) is 20.6. The van der Waals surface area contributed by atoms with Crippen molar-refractivity contribution in [3.8, 4) is 10.7 Å². The Hall–Kier alpha value is -2.01. The van der Waals surface area contributed by atoms with Crippen molar-refractivity contribution in [2.75, 3.05) is 12.3 Å². The molecule has 0 amide bonds. The van der Waals surface area contributed by atoms with Crippen molar-refractivity contribution in [3.05, 3.63) is 33.8 Å². The summed E-state index contributed by atoms with van der Waals surface area (Å²) in [5.41, 5.74) is 7.78. The number of nitrogens with two attached hydrogens (primary N) is 1. The molecule has 2 N–H and O–H groups in total. The average Bonchev–Trinajstić information content (AvgIpc) is 3.58. The molecule has 0 bridgehead atoms. The summed E-state index contributed by atoms with van der Waals surface area (Å²) in [6, 6.07) is 4.13. The van der Waals surface area contributed by atoms with Crippen molar-refractivity contribution < 1.29 is 4.74 Å². The van der Waals surface area contributed by atoms with Gasteiger partial charge in [0, 0.05) is 11.5 Å². The van der Waals surface area contributed by atoms with Crippen LogP contribution in [0, 0.1) is 0 Å². The van der Waals surface area contributed by atoms with Gasteiger partial charge in [-0.3, -0.25) is 4.57 Å². The van der Waals surface area contributed by atoms with Gasteiger partial charge in [0.05, 0.1) is 28.7 Å². The van der Waals surface area contributed by atoms with Crippen LogP contribution in [0.15, 0.2) is 22.7 Å². The van der Waals surface area contributed by atoms with E-state index in [0.717, 1.165) is 70.7 Å². The highest BCUT2D eigenvalue weighted by molar-refractivity contribution is 7.98. The van der Waals surface area contributed by atoms with E-state index in [4.69, 9.17) is 15.5 Å². The zero-order valence-electron chi connectivity index (χ0n) is 17.6. The second-order valence-electron chi connectivity index (χ2n) is 8.23. The molecule has 0 saturated carbocycles. The number of fused-ring (bicyclic) bond motifs is 3. The zero-order valence-corrected chi connectivity index (χ0v) is 20.1. The molecule has 10 heteroatoms. The quantitative estimate of drug-likeness (QED) is 0.387. The number of rotatable bonds is 6. The second kappa shape index (κ2) is 8.74. The van der Waals surface area contributed by atoms with Crippen molar-refractivity contribution in [1.29, 1.82) is 0 Å². The molecule has 4 aromatic heterocycles. The largest absolute Gasteiger partial charge is 0.383 e. The van der Waals surface area contributed by atoms with Crippen LogP contribution >= 0.6 is 34.4 Å². The van der Waals surface area contributed by atoms with Gasteiger partial charge in [-0.1, -0.05) is 17.8 Å². The molecule has 32 heavy (non-hydrogen) atoms. The normalized spacial score (nSPS) is 18.4. The van der Waals surface area contributed by atoms with Crippen molar-refractivity contribution >= 4 is 50.5 Å². The molecule has 1 fully saturated rings. The number of thiophene rings is 2. The van der Waals surface area contributed by atoms with Crippen LogP contribution in [0.4, 0.5) is 5.82 Å². The number of hydrogen-bond acceptors (Lipinski definition) is 9. The van der Waals surface area contributed by atoms with Gasteiger partial charge in [0.2, 0.25) is 0 Å². The Bertz CT molecular complexity index is 1240. The minimum atomic E-state index is 0.213. The van der Waals surface area contributed by atoms with E-state index in [1.807, 2.05) is 6.07 Å². The molecule has 1 atom stereocenters. The minimum absolute atomic E-state index is 0.213. The molecule has 7 nitrogen and oxygen atoms in total. The van der Waals surface area contributed by atoms with Gasteiger partial charge >= 0.3 is 0 Å². The third-order valence-electron chi connectivity index (χ3n) is 6.09. The zero-order chi connectivity index (χ0) is 21.5. The number of nitrogens with zero attached hydrogens (tertiary/aromatic N) is 5. The van der Waals surface area contributed by atoms with Crippen molar-refractivity contribution in [2.45, 2.75) is 62.1 Å². The van der Waals surface area contributed by atoms with E-state index in [1.54, 1.807) is 34.4 Å². The van der Waals surface area contributed by atoms with Crippen molar-refractivity contribution in [1.82, 2.24) is 24.7 Å². The molecule has 1 unspecified atom stereocenters. The van der Waals surface area contributed by atoms with Gasteiger partial charge in [-0.15, -0.1) is 32.9 Å². The van der Waals surface area contributed by atoms with E-state index in [0.29, 0.717) is 11.6 Å². The van der Waals surface area contributed by atoms with Gasteiger partial charge in [-0.05, 0) is 55.5 Å². The van der Waals surface area contributed by atoms with Crippen molar-refractivity contribution in [2.24, 2.45) is 0 Å². The number of nitrogen functional groups attached to an aromatic ring is 1. The van der Waals surface area contributed by atoms with Gasteiger partial charge in [-0.25, -0.2) is 9.97 Å². The predicted molar refractivity (Wildman–Crippen MR) is 130 cm³/mol. The Morgan fingerprint density at radius 2 is 2.12 bits per heavy atom. The monoisotopic (exact) mass is 484 g/mol. The molecular weight excluding hydrogens is 460 g/mol. The first-order chi connectivity index (χ1) is 15.8. The Balaban J connectivity index is 1.28. The molecular formula is C22H24N6OS3. The fourth-order valence-electron chi connectivity index (χ4n) is 4.57. The summed E-state index contributed by atoms with van der Waals surface area (Å²) in [6.45, 7) is 1.60. The van der Waals surface area contributed by atoms with Gasteiger partial charge < -0.3 is 10.5 Å². The lowest BCUT2D eigenvalue weighted by Gasteiger charge is -2.14. The fourth-order valence-corrected chi connectivity index (χ4v) is 7.37. The lowest BCUT2D eigenvalue weighted by molar-refractivity contribution is 0.0953. The topological polar surface area (TPSA) is 91.7 Å². The van der Waals surface area contributed by atoms with E-state index in [2.05, 4.69) is 31.2 Å². The first-order valence-electron chi connectivity index (χ1n) is 11.0. The Morgan fingerprint density at radius 1 is 1.19 bits per heavy atom. The number of hydrogen-bond donors (Lipinski definition) is 1. The van der Waals surface area contributed by atoms with E-state index >= 15 is 0 Å². The lowest BCUT2D eigenvalue weighted by Crippen LogP contribution is -2.16. The van der Waals surface area contributed by atoms with Crippen LogP contribution in [0.25, 0.3) is 20.9 Å². The molecule has 0 spiro atoms. The van der Waals surface area contributed by atoms with Crippen LogP contribution < -0.4 is 5.73 Å². The summed E-state index contributed by atoms with van der Waals surface area (Å²) in [7, 11) is 0. The van der Waals surface area contributed by atoms with Gasteiger partial charge in [-0.2, -0.15) is 0 Å². The molecule has 1 aliphatic heterocycles. The molecule has 0 radical (unpaired) electrons. The van der Waals surface area contributed by atoms with E-state index in [9.17, 15) is 0 Å². The van der Waals surface area contributed by atoms with Gasteiger partial charge in [0.25, 0.3) is 0 Å². The molecule has 1 aliphatic carbocycles. The molecule has 166 valence electrons. The fraction of sp³-hybridized carbons (Fsp3) is 0.455. The molecule has 0 aromatic carbocycles. The van der Waals surface area contributed by atoms with Gasteiger partial charge in [0.15, 0.2) is 11.0 Å². The summed E-state index contributed by atoms with van der Waals surface area (Å²) in [5.74, 6) is 2.88. The van der Waals surface area contributed by atoms with E-state index in [-0.39, 0.29) is 6.10 Å². The van der Waals surface area contributed by atoms with Crippen LogP contribution in [0.1, 0.15) is 41.9 Å². The highest BCUT2D eigenvalue weighted by atomic mass is 32.2. The number of aromatic nitrogens is 5. The maximum Gasteiger partial charge on any atom is 0.192 e. The smallest absolute Gasteiger partial charge is 0.192 e. The Kier molecular flexibility index (Phi) is 5.62. The second-order valence-corrected chi connectivity index (χ2v) is 11.2. The summed E-state index contributed by atoms with van der Waals surface area (Å²) in [5, 5.41) is 13.0. The van der Waals surface area contributed by atoms with Crippen molar-refractivity contribution in [3.63, 3.8) is 0 Å². The minimum Gasteiger partial charge on any atom is -0.383 e. The number of thioether (sulfide) groups is 1. The third kappa shape index (κ3) is 3.83. The highest BCUT2D eigenvalue weighted by Crippen LogP contribution is 2.38. The van der Waals surface area contributed by atoms with E-state index in [1.165, 1.54) is 23.3 Å². The number of anilines is 1. The molecule has 2 aliphatic rings. The number of ether oxygens (including phenoxy) is 1. The van der Waals surface area contributed by atoms with Crippen LogP contribution in [-0.2, 0) is 29.9 Å². The predicted octanol–water partition coefficient (Wildman–Crippen LogP) is 4.94. The molecule has 5 heterocycles. The maximum atomic E-state index is 6.40. The van der Waals surface area contributed by atoms with E-state index < -0.39 is 0 Å². The van der Waals surface area contributed by atoms with Crippen LogP contribution in [0.5, 0.6) is 0 Å². The lowest BCUT2D eigenvalue weighted by atomic mass is 9.97. The Labute approximate surface area is 198 Å². The SMILES string of the molecule is Nc1nc(CSc2nnc(-c3cccs3)n2CC2CCCO2)nc2sc3c(c12)CCCC3. The molecule has 4 aromatic rings. The van der Waals surface area contributed by atoms with Crippen LogP contribution in [0.2, 0.25) is 0 Å².